The first-order valence-electron chi connectivity index (χ1n) is 7.08. The molecule has 0 aliphatic heterocycles. The number of rotatable bonds is 4. The highest BCUT2D eigenvalue weighted by atomic mass is 32.2. The number of H-pyrrole nitrogens is 1. The zero-order valence-electron chi connectivity index (χ0n) is 12.5. The number of nitrogens with zero attached hydrogens (tertiary/aromatic N) is 3. The lowest BCUT2D eigenvalue weighted by Gasteiger charge is -2.01. The normalized spacial score (nSPS) is 11.2. The summed E-state index contributed by atoms with van der Waals surface area (Å²) in [7, 11) is 0. The number of nitrogens with one attached hydrogen (secondary N) is 1. The number of halogens is 1. The van der Waals surface area contributed by atoms with Gasteiger partial charge in [0.15, 0.2) is 4.34 Å². The number of thiophene rings is 1. The van der Waals surface area contributed by atoms with Crippen LogP contribution < -0.4 is 11.3 Å². The smallest absolute Gasteiger partial charge is 0.260 e. The fourth-order valence-corrected chi connectivity index (χ4v) is 4.79. The van der Waals surface area contributed by atoms with Crippen molar-refractivity contribution in [1.82, 2.24) is 20.2 Å². The van der Waals surface area contributed by atoms with Gasteiger partial charge in [-0.25, -0.2) is 9.37 Å². The highest BCUT2D eigenvalue weighted by molar-refractivity contribution is 8.00. The van der Waals surface area contributed by atoms with Crippen molar-refractivity contribution in [2.75, 3.05) is 5.73 Å². The van der Waals surface area contributed by atoms with E-state index in [1.807, 2.05) is 5.38 Å². The summed E-state index contributed by atoms with van der Waals surface area (Å²) < 4.78 is 13.8. The van der Waals surface area contributed by atoms with Gasteiger partial charge in [-0.15, -0.1) is 21.5 Å². The Bertz CT molecular complexity index is 1100. The molecule has 4 rings (SSSR count). The van der Waals surface area contributed by atoms with E-state index in [9.17, 15) is 9.18 Å². The van der Waals surface area contributed by atoms with Gasteiger partial charge in [0.1, 0.15) is 16.5 Å². The van der Waals surface area contributed by atoms with Gasteiger partial charge < -0.3 is 10.7 Å². The average molecular weight is 391 g/mol. The second-order valence-corrected chi connectivity index (χ2v) is 8.13. The highest BCUT2D eigenvalue weighted by Gasteiger charge is 2.13. The van der Waals surface area contributed by atoms with Crippen LogP contribution >= 0.6 is 34.4 Å². The first-order chi connectivity index (χ1) is 12.1. The lowest BCUT2D eigenvalue weighted by molar-refractivity contribution is 0.628. The molecule has 3 N–H and O–H groups in total. The molecule has 0 saturated heterocycles. The van der Waals surface area contributed by atoms with Gasteiger partial charge in [0, 0.05) is 10.9 Å². The molecule has 0 amide bonds. The fourth-order valence-electron chi connectivity index (χ4n) is 2.31. The van der Waals surface area contributed by atoms with E-state index in [1.165, 1.54) is 46.6 Å². The molecule has 0 saturated carbocycles. The summed E-state index contributed by atoms with van der Waals surface area (Å²) in [5, 5.41) is 10.5. The Kier molecular flexibility index (Phi) is 4.24. The number of aromatic amines is 1. The first-order valence-corrected chi connectivity index (χ1v) is 9.76. The Balaban J connectivity index is 1.67. The predicted octanol–water partition coefficient (Wildman–Crippen LogP) is 3.52. The van der Waals surface area contributed by atoms with E-state index >= 15 is 0 Å². The molecular weight excluding hydrogens is 381 g/mol. The maximum atomic E-state index is 13.1. The van der Waals surface area contributed by atoms with Crippen molar-refractivity contribution >= 4 is 49.8 Å². The molecule has 0 aliphatic carbocycles. The maximum Gasteiger partial charge on any atom is 0.260 e. The van der Waals surface area contributed by atoms with Gasteiger partial charge in [-0.05, 0) is 17.7 Å². The lowest BCUT2D eigenvalue weighted by Crippen LogP contribution is -2.10. The van der Waals surface area contributed by atoms with Gasteiger partial charge in [-0.1, -0.05) is 35.2 Å². The van der Waals surface area contributed by atoms with Crippen molar-refractivity contribution in [2.24, 2.45) is 0 Å². The largest absolute Gasteiger partial charge is 0.374 e. The Morgan fingerprint density at radius 2 is 2.04 bits per heavy atom. The molecule has 126 valence electrons. The molecule has 0 bridgehead atoms. The number of fused-ring (bicyclic) bond motifs is 1. The first kappa shape index (κ1) is 16.2. The van der Waals surface area contributed by atoms with Gasteiger partial charge in [-0.2, -0.15) is 0 Å². The van der Waals surface area contributed by atoms with E-state index in [-0.39, 0.29) is 11.4 Å². The SMILES string of the molecule is Nc1nnc(SCc2nc3scc(-c4ccc(F)cc4)c3c(=O)[nH]2)s1. The number of nitrogen functional groups attached to an aromatic ring is 1. The summed E-state index contributed by atoms with van der Waals surface area (Å²) in [4.78, 5) is 20.5. The summed E-state index contributed by atoms with van der Waals surface area (Å²) in [6.07, 6.45) is 0. The summed E-state index contributed by atoms with van der Waals surface area (Å²) >= 11 is 4.09. The summed E-state index contributed by atoms with van der Waals surface area (Å²) in [6.45, 7) is 0. The van der Waals surface area contributed by atoms with Crippen LogP contribution in [0.3, 0.4) is 0 Å². The number of benzene rings is 1. The van der Waals surface area contributed by atoms with Gasteiger partial charge >= 0.3 is 0 Å². The minimum Gasteiger partial charge on any atom is -0.374 e. The van der Waals surface area contributed by atoms with Crippen LogP contribution in [0.1, 0.15) is 5.82 Å². The predicted molar refractivity (Wildman–Crippen MR) is 99.5 cm³/mol. The van der Waals surface area contributed by atoms with E-state index < -0.39 is 0 Å². The monoisotopic (exact) mass is 391 g/mol. The van der Waals surface area contributed by atoms with Crippen LogP contribution in [0.2, 0.25) is 0 Å². The molecule has 0 spiro atoms. The third kappa shape index (κ3) is 3.28. The molecule has 4 aromatic rings. The molecule has 25 heavy (non-hydrogen) atoms. The standard InChI is InChI=1S/C15H10FN5OS3/c16-8-3-1-7(2-4-8)9-5-23-13-11(9)12(22)18-10(19-13)6-24-15-21-20-14(17)25-15/h1-5H,6H2,(H2,17,20)(H,18,19,22). The van der Waals surface area contributed by atoms with Crippen molar-refractivity contribution in [3.63, 3.8) is 0 Å². The van der Waals surface area contributed by atoms with Crippen molar-refractivity contribution in [2.45, 2.75) is 10.1 Å². The highest BCUT2D eigenvalue weighted by Crippen LogP contribution is 2.31. The molecule has 0 atom stereocenters. The summed E-state index contributed by atoms with van der Waals surface area (Å²) in [5.41, 5.74) is 6.88. The Labute approximate surface area is 153 Å². The van der Waals surface area contributed by atoms with Crippen LogP contribution in [0.25, 0.3) is 21.3 Å². The lowest BCUT2D eigenvalue weighted by atomic mass is 10.1. The molecule has 3 aromatic heterocycles. The summed E-state index contributed by atoms with van der Waals surface area (Å²) in [6, 6.07) is 6.05. The van der Waals surface area contributed by atoms with E-state index in [0.29, 0.717) is 26.9 Å². The molecule has 1 aromatic carbocycles. The van der Waals surface area contributed by atoms with Crippen molar-refractivity contribution in [1.29, 1.82) is 0 Å². The molecule has 0 fully saturated rings. The van der Waals surface area contributed by atoms with Gasteiger partial charge in [-0.3, -0.25) is 4.79 Å². The molecule has 6 nitrogen and oxygen atoms in total. The maximum absolute atomic E-state index is 13.1. The topological polar surface area (TPSA) is 97.5 Å². The van der Waals surface area contributed by atoms with Crippen LogP contribution in [0.15, 0.2) is 38.8 Å². The van der Waals surface area contributed by atoms with Crippen molar-refractivity contribution in [3.8, 4) is 11.1 Å². The second kappa shape index (κ2) is 6.54. The Hall–Kier alpha value is -2.30. The fraction of sp³-hybridized carbons (Fsp3) is 0.0667. The number of hydrogen-bond acceptors (Lipinski definition) is 8. The number of aromatic nitrogens is 4. The average Bonchev–Trinajstić information content (AvgIpc) is 3.20. The van der Waals surface area contributed by atoms with E-state index in [1.54, 1.807) is 12.1 Å². The van der Waals surface area contributed by atoms with Crippen LogP contribution in [-0.2, 0) is 5.75 Å². The number of nitrogens with two attached hydrogens (primary N) is 1. The molecule has 3 heterocycles. The number of anilines is 1. The minimum absolute atomic E-state index is 0.210. The Morgan fingerprint density at radius 3 is 2.76 bits per heavy atom. The Morgan fingerprint density at radius 1 is 1.24 bits per heavy atom. The van der Waals surface area contributed by atoms with E-state index in [4.69, 9.17) is 5.73 Å². The molecular formula is C15H10FN5OS3. The van der Waals surface area contributed by atoms with Crippen molar-refractivity contribution in [3.05, 3.63) is 51.6 Å². The zero-order chi connectivity index (χ0) is 17.4. The summed E-state index contributed by atoms with van der Waals surface area (Å²) in [5.74, 6) is 0.708. The van der Waals surface area contributed by atoms with Gasteiger partial charge in [0.25, 0.3) is 5.56 Å². The van der Waals surface area contributed by atoms with E-state index in [2.05, 4.69) is 20.2 Å². The van der Waals surface area contributed by atoms with Gasteiger partial charge in [0.2, 0.25) is 5.13 Å². The molecule has 0 radical (unpaired) electrons. The third-order valence-corrected chi connectivity index (χ3v) is 6.17. The number of thioether (sulfide) groups is 1. The van der Waals surface area contributed by atoms with E-state index in [0.717, 1.165) is 15.5 Å². The second-order valence-electron chi connectivity index (χ2n) is 5.04. The third-order valence-electron chi connectivity index (χ3n) is 3.40. The van der Waals surface area contributed by atoms with Crippen LogP contribution in [0, 0.1) is 5.82 Å². The zero-order valence-corrected chi connectivity index (χ0v) is 15.0. The van der Waals surface area contributed by atoms with Crippen molar-refractivity contribution < 1.29 is 4.39 Å². The van der Waals surface area contributed by atoms with Crippen LogP contribution in [-0.4, -0.2) is 20.2 Å². The molecule has 10 heteroatoms. The minimum atomic E-state index is -0.313. The number of hydrogen-bond donors (Lipinski definition) is 2. The van der Waals surface area contributed by atoms with Crippen LogP contribution in [0.5, 0.6) is 0 Å². The quantitative estimate of drug-likeness (QED) is 0.517. The molecule has 0 unspecified atom stereocenters. The molecule has 0 aliphatic rings. The van der Waals surface area contributed by atoms with Gasteiger partial charge in [0.05, 0.1) is 11.1 Å². The van der Waals surface area contributed by atoms with Crippen LogP contribution in [0.4, 0.5) is 9.52 Å².